The lowest BCUT2D eigenvalue weighted by atomic mass is 10.1. The summed E-state index contributed by atoms with van der Waals surface area (Å²) in [6.07, 6.45) is 0. The Morgan fingerprint density at radius 1 is 0.938 bits per heavy atom. The number of carbonyl (C=O) groups excluding carboxylic acids is 1. The lowest BCUT2D eigenvalue weighted by Gasteiger charge is -2.36. The maximum absolute atomic E-state index is 12.8. The molecule has 1 aromatic heterocycles. The van der Waals surface area contributed by atoms with Crippen molar-refractivity contribution in [1.82, 2.24) is 14.9 Å². The number of aryl methyl sites for hydroxylation is 2. The zero-order valence-corrected chi connectivity index (χ0v) is 19.1. The van der Waals surface area contributed by atoms with Gasteiger partial charge in [-0.3, -0.25) is 0 Å². The zero-order valence-electron chi connectivity index (χ0n) is 19.1. The molecular weight excluding hydrogens is 402 g/mol. The molecule has 3 aromatic rings. The molecule has 0 spiro atoms. The third-order valence-corrected chi connectivity index (χ3v) is 5.89. The molecule has 1 saturated heterocycles. The first-order chi connectivity index (χ1) is 15.5. The zero-order chi connectivity index (χ0) is 22.7. The van der Waals surface area contributed by atoms with E-state index in [1.807, 2.05) is 36.1 Å². The summed E-state index contributed by atoms with van der Waals surface area (Å²) in [5.74, 6) is 2.33. The summed E-state index contributed by atoms with van der Waals surface area (Å²) in [6, 6.07) is 15.6. The van der Waals surface area contributed by atoms with Gasteiger partial charge in [-0.15, -0.1) is 0 Å². The van der Waals surface area contributed by atoms with Crippen molar-refractivity contribution in [3.63, 3.8) is 0 Å². The van der Waals surface area contributed by atoms with Crippen molar-refractivity contribution in [1.29, 1.82) is 0 Å². The van der Waals surface area contributed by atoms with E-state index in [0.717, 1.165) is 28.5 Å². The molecule has 0 saturated carbocycles. The first kappa shape index (κ1) is 21.6. The molecule has 1 fully saturated rings. The van der Waals surface area contributed by atoms with E-state index in [1.165, 1.54) is 5.56 Å². The number of para-hydroxylation sites is 2. The number of amides is 2. The molecule has 7 heteroatoms. The molecule has 2 aromatic carbocycles. The van der Waals surface area contributed by atoms with Gasteiger partial charge in [0.05, 0.1) is 12.8 Å². The predicted octanol–water partition coefficient (Wildman–Crippen LogP) is 4.43. The summed E-state index contributed by atoms with van der Waals surface area (Å²) in [4.78, 5) is 26.5. The Hall–Kier alpha value is -3.61. The van der Waals surface area contributed by atoms with Crippen LogP contribution in [0.25, 0.3) is 11.4 Å². The van der Waals surface area contributed by atoms with Gasteiger partial charge < -0.3 is 19.9 Å². The fourth-order valence-electron chi connectivity index (χ4n) is 3.82. The molecule has 4 rings (SSSR count). The second-order valence-corrected chi connectivity index (χ2v) is 8.05. The molecule has 0 aliphatic carbocycles. The number of hydrogen-bond acceptors (Lipinski definition) is 5. The van der Waals surface area contributed by atoms with E-state index in [2.05, 4.69) is 48.3 Å². The fourth-order valence-corrected chi connectivity index (χ4v) is 3.82. The monoisotopic (exact) mass is 431 g/mol. The number of hydrogen-bond donors (Lipinski definition) is 1. The van der Waals surface area contributed by atoms with E-state index in [4.69, 9.17) is 14.7 Å². The van der Waals surface area contributed by atoms with Gasteiger partial charge in [0.25, 0.3) is 0 Å². The normalized spacial score (nSPS) is 13.8. The number of anilines is 2. The maximum Gasteiger partial charge on any atom is 0.322 e. The van der Waals surface area contributed by atoms with Crippen LogP contribution >= 0.6 is 0 Å². The van der Waals surface area contributed by atoms with Crippen molar-refractivity contribution >= 4 is 17.5 Å². The Balaban J connectivity index is 1.47. The van der Waals surface area contributed by atoms with Crippen LogP contribution in [0.4, 0.5) is 16.3 Å². The Morgan fingerprint density at radius 2 is 1.62 bits per heavy atom. The molecule has 32 heavy (non-hydrogen) atoms. The summed E-state index contributed by atoms with van der Waals surface area (Å²) >= 11 is 0. The van der Waals surface area contributed by atoms with E-state index in [-0.39, 0.29) is 6.03 Å². The molecule has 0 bridgehead atoms. The molecule has 1 aliphatic rings. The molecule has 1 aliphatic heterocycles. The molecule has 0 unspecified atom stereocenters. The number of urea groups is 1. The first-order valence-electron chi connectivity index (χ1n) is 10.8. The third-order valence-electron chi connectivity index (χ3n) is 5.89. The number of aromatic nitrogens is 2. The molecule has 1 N–H and O–H groups in total. The Bertz CT molecular complexity index is 1110. The van der Waals surface area contributed by atoms with Crippen LogP contribution in [0.3, 0.4) is 0 Å². The standard InChI is InChI=1S/C25H29N5O2/c1-17-9-11-20(12-10-17)23-26-19(3)18(2)24(28-23)29-13-15-30(16-14-29)25(31)27-21-7-5-6-8-22(21)32-4/h5-12H,13-16H2,1-4H3,(H,27,31). The topological polar surface area (TPSA) is 70.6 Å². The summed E-state index contributed by atoms with van der Waals surface area (Å²) in [5, 5.41) is 2.96. The predicted molar refractivity (Wildman–Crippen MR) is 127 cm³/mol. The van der Waals surface area contributed by atoms with Crippen molar-refractivity contribution in [2.45, 2.75) is 20.8 Å². The van der Waals surface area contributed by atoms with Crippen molar-refractivity contribution in [3.05, 3.63) is 65.4 Å². The fraction of sp³-hybridized carbons (Fsp3) is 0.320. The number of nitrogens with zero attached hydrogens (tertiary/aromatic N) is 4. The van der Waals surface area contributed by atoms with Crippen molar-refractivity contribution in [2.24, 2.45) is 0 Å². The number of methoxy groups -OCH3 is 1. The van der Waals surface area contributed by atoms with E-state index in [9.17, 15) is 4.79 Å². The Labute approximate surface area is 189 Å². The summed E-state index contributed by atoms with van der Waals surface area (Å²) in [7, 11) is 1.60. The second-order valence-electron chi connectivity index (χ2n) is 8.05. The Kier molecular flexibility index (Phi) is 6.25. The van der Waals surface area contributed by atoms with Gasteiger partial charge in [0, 0.05) is 43.0 Å². The van der Waals surface area contributed by atoms with E-state index >= 15 is 0 Å². The number of carbonyl (C=O) groups is 1. The minimum absolute atomic E-state index is 0.120. The minimum Gasteiger partial charge on any atom is -0.495 e. The molecule has 2 amide bonds. The number of piperazine rings is 1. The highest BCUT2D eigenvalue weighted by atomic mass is 16.5. The molecule has 7 nitrogen and oxygen atoms in total. The SMILES string of the molecule is COc1ccccc1NC(=O)N1CCN(c2nc(-c3ccc(C)cc3)nc(C)c2C)CC1. The smallest absolute Gasteiger partial charge is 0.322 e. The summed E-state index contributed by atoms with van der Waals surface area (Å²) in [6.45, 7) is 8.81. The van der Waals surface area contributed by atoms with Gasteiger partial charge in [0.1, 0.15) is 11.6 Å². The Morgan fingerprint density at radius 3 is 2.31 bits per heavy atom. The highest BCUT2D eigenvalue weighted by molar-refractivity contribution is 5.91. The van der Waals surface area contributed by atoms with Gasteiger partial charge in [-0.25, -0.2) is 14.8 Å². The van der Waals surface area contributed by atoms with Crippen LogP contribution in [0.2, 0.25) is 0 Å². The highest BCUT2D eigenvalue weighted by Crippen LogP contribution is 2.27. The molecule has 0 radical (unpaired) electrons. The van der Waals surface area contributed by atoms with Gasteiger partial charge in [-0.1, -0.05) is 42.0 Å². The minimum atomic E-state index is -0.120. The quantitative estimate of drug-likeness (QED) is 0.662. The average molecular weight is 432 g/mol. The van der Waals surface area contributed by atoms with Crippen molar-refractivity contribution in [2.75, 3.05) is 43.5 Å². The van der Waals surface area contributed by atoms with Crippen molar-refractivity contribution in [3.8, 4) is 17.1 Å². The number of rotatable bonds is 4. The van der Waals surface area contributed by atoms with Crippen LogP contribution in [0, 0.1) is 20.8 Å². The highest BCUT2D eigenvalue weighted by Gasteiger charge is 2.24. The van der Waals surface area contributed by atoms with Gasteiger partial charge in [0.15, 0.2) is 5.82 Å². The van der Waals surface area contributed by atoms with E-state index in [0.29, 0.717) is 37.6 Å². The van der Waals surface area contributed by atoms with E-state index < -0.39 is 0 Å². The lowest BCUT2D eigenvalue weighted by molar-refractivity contribution is 0.208. The second kappa shape index (κ2) is 9.26. The third kappa shape index (κ3) is 4.51. The van der Waals surface area contributed by atoms with Crippen LogP contribution in [-0.4, -0.2) is 54.2 Å². The van der Waals surface area contributed by atoms with Gasteiger partial charge >= 0.3 is 6.03 Å². The molecule has 166 valence electrons. The maximum atomic E-state index is 12.8. The van der Waals surface area contributed by atoms with Crippen LogP contribution < -0.4 is 15.0 Å². The van der Waals surface area contributed by atoms with Gasteiger partial charge in [-0.2, -0.15) is 0 Å². The largest absolute Gasteiger partial charge is 0.495 e. The van der Waals surface area contributed by atoms with Gasteiger partial charge in [-0.05, 0) is 32.9 Å². The number of benzene rings is 2. The molecule has 2 heterocycles. The number of ether oxygens (including phenoxy) is 1. The lowest BCUT2D eigenvalue weighted by Crippen LogP contribution is -2.50. The summed E-state index contributed by atoms with van der Waals surface area (Å²) < 4.78 is 5.33. The van der Waals surface area contributed by atoms with E-state index in [1.54, 1.807) is 7.11 Å². The summed E-state index contributed by atoms with van der Waals surface area (Å²) in [5.41, 5.74) is 4.94. The van der Waals surface area contributed by atoms with Crippen LogP contribution in [0.1, 0.15) is 16.8 Å². The first-order valence-corrected chi connectivity index (χ1v) is 10.8. The van der Waals surface area contributed by atoms with Crippen LogP contribution in [0.5, 0.6) is 5.75 Å². The average Bonchev–Trinajstić information content (AvgIpc) is 2.81. The van der Waals surface area contributed by atoms with Gasteiger partial charge in [0.2, 0.25) is 0 Å². The van der Waals surface area contributed by atoms with Crippen molar-refractivity contribution < 1.29 is 9.53 Å². The number of nitrogens with one attached hydrogen (secondary N) is 1. The van der Waals surface area contributed by atoms with Crippen LogP contribution in [-0.2, 0) is 0 Å². The molecule has 0 atom stereocenters. The van der Waals surface area contributed by atoms with Crippen LogP contribution in [0.15, 0.2) is 48.5 Å². The molecular formula is C25H29N5O2.